The Morgan fingerprint density at radius 1 is 1.21 bits per heavy atom. The van der Waals surface area contributed by atoms with Crippen LogP contribution in [0, 0.1) is 15.9 Å². The van der Waals surface area contributed by atoms with Crippen LogP contribution in [0.25, 0.3) is 10.8 Å². The Morgan fingerprint density at radius 3 is 2.64 bits per heavy atom. The standard InChI is InChI=1S/C17H11FN4O6/c18-12-6-5-9(7-13(12)22(26)27)19-14(23)8-28-17(25)15-10-3-1-2-4-11(10)16(24)21-20-15/h1-7H,8H2,(H,19,23)(H,21,24). The summed E-state index contributed by atoms with van der Waals surface area (Å²) in [7, 11) is 0. The summed E-state index contributed by atoms with van der Waals surface area (Å²) in [6.07, 6.45) is 0. The summed E-state index contributed by atoms with van der Waals surface area (Å²) in [6, 6.07) is 9.02. The van der Waals surface area contributed by atoms with E-state index in [1.807, 2.05) is 0 Å². The van der Waals surface area contributed by atoms with Crippen molar-refractivity contribution in [2.45, 2.75) is 0 Å². The van der Waals surface area contributed by atoms with Crippen LogP contribution in [0.3, 0.4) is 0 Å². The predicted molar refractivity (Wildman–Crippen MR) is 94.3 cm³/mol. The highest BCUT2D eigenvalue weighted by molar-refractivity contribution is 6.03. The lowest BCUT2D eigenvalue weighted by atomic mass is 10.1. The minimum Gasteiger partial charge on any atom is -0.451 e. The number of benzene rings is 2. The minimum atomic E-state index is -1.05. The average molecular weight is 386 g/mol. The maximum atomic E-state index is 13.3. The second-order valence-electron chi connectivity index (χ2n) is 5.49. The molecule has 0 saturated carbocycles. The summed E-state index contributed by atoms with van der Waals surface area (Å²) in [6.45, 7) is -0.723. The fourth-order valence-corrected chi connectivity index (χ4v) is 2.40. The van der Waals surface area contributed by atoms with Crippen molar-refractivity contribution >= 4 is 34.0 Å². The van der Waals surface area contributed by atoms with Crippen molar-refractivity contribution in [2.75, 3.05) is 11.9 Å². The quantitative estimate of drug-likeness (QED) is 0.386. The van der Waals surface area contributed by atoms with Gasteiger partial charge in [-0.3, -0.25) is 19.7 Å². The largest absolute Gasteiger partial charge is 0.451 e. The van der Waals surface area contributed by atoms with Crippen LogP contribution >= 0.6 is 0 Å². The molecule has 10 nitrogen and oxygen atoms in total. The van der Waals surface area contributed by atoms with Crippen molar-refractivity contribution < 1.29 is 23.6 Å². The predicted octanol–water partition coefficient (Wildman–Crippen LogP) is 1.77. The molecule has 1 aromatic heterocycles. The van der Waals surface area contributed by atoms with E-state index in [2.05, 4.69) is 15.5 Å². The SMILES string of the molecule is O=C(COC(=O)c1n[nH]c(=O)c2ccccc12)Nc1ccc(F)c([N+](=O)[O-])c1. The highest BCUT2D eigenvalue weighted by Crippen LogP contribution is 2.21. The Kier molecular flexibility index (Phi) is 5.07. The van der Waals surface area contributed by atoms with Gasteiger partial charge in [0.2, 0.25) is 5.82 Å². The summed E-state index contributed by atoms with van der Waals surface area (Å²) in [5.74, 6) is -2.80. The molecule has 1 amide bonds. The van der Waals surface area contributed by atoms with Gasteiger partial charge >= 0.3 is 11.7 Å². The van der Waals surface area contributed by atoms with Gasteiger partial charge in [0.25, 0.3) is 11.5 Å². The number of H-pyrrole nitrogens is 1. The molecule has 2 N–H and O–H groups in total. The zero-order valence-electron chi connectivity index (χ0n) is 14.0. The summed E-state index contributed by atoms with van der Waals surface area (Å²) in [5.41, 5.74) is -1.51. The van der Waals surface area contributed by atoms with E-state index in [4.69, 9.17) is 4.74 Å². The van der Waals surface area contributed by atoms with Crippen LogP contribution in [0.15, 0.2) is 47.3 Å². The fraction of sp³-hybridized carbons (Fsp3) is 0.0588. The van der Waals surface area contributed by atoms with E-state index in [-0.39, 0.29) is 22.2 Å². The van der Waals surface area contributed by atoms with Gasteiger partial charge in [0, 0.05) is 17.1 Å². The molecule has 0 aliphatic rings. The van der Waals surface area contributed by atoms with E-state index in [1.165, 1.54) is 12.1 Å². The van der Waals surface area contributed by atoms with Crippen LogP contribution in [-0.4, -0.2) is 33.6 Å². The first kappa shape index (κ1) is 18.6. The van der Waals surface area contributed by atoms with Gasteiger partial charge in [-0.1, -0.05) is 18.2 Å². The molecule has 0 radical (unpaired) electrons. The van der Waals surface area contributed by atoms with Gasteiger partial charge in [-0.15, -0.1) is 0 Å². The zero-order valence-corrected chi connectivity index (χ0v) is 14.0. The smallest absolute Gasteiger partial charge is 0.359 e. The number of hydrogen-bond donors (Lipinski definition) is 2. The molecule has 11 heteroatoms. The normalized spacial score (nSPS) is 10.5. The van der Waals surface area contributed by atoms with Crippen molar-refractivity contribution in [1.29, 1.82) is 0 Å². The lowest BCUT2D eigenvalue weighted by Crippen LogP contribution is -2.22. The maximum Gasteiger partial charge on any atom is 0.359 e. The third kappa shape index (κ3) is 3.82. The van der Waals surface area contributed by atoms with Crippen LogP contribution in [0.5, 0.6) is 0 Å². The topological polar surface area (TPSA) is 144 Å². The monoisotopic (exact) mass is 386 g/mol. The molecule has 0 aliphatic carbocycles. The lowest BCUT2D eigenvalue weighted by molar-refractivity contribution is -0.387. The van der Waals surface area contributed by atoms with Crippen LogP contribution < -0.4 is 10.9 Å². The summed E-state index contributed by atoms with van der Waals surface area (Å²) in [4.78, 5) is 45.6. The van der Waals surface area contributed by atoms with Crippen molar-refractivity contribution in [3.05, 3.63) is 74.4 Å². The number of carbonyl (C=O) groups excluding carboxylic acids is 2. The molecule has 28 heavy (non-hydrogen) atoms. The number of carbonyl (C=O) groups is 2. The number of nitrogens with one attached hydrogen (secondary N) is 2. The average Bonchev–Trinajstić information content (AvgIpc) is 2.68. The Balaban J connectivity index is 1.69. The van der Waals surface area contributed by atoms with Gasteiger partial charge < -0.3 is 10.1 Å². The lowest BCUT2D eigenvalue weighted by Gasteiger charge is -2.07. The first-order valence-corrected chi connectivity index (χ1v) is 7.75. The maximum absolute atomic E-state index is 13.3. The molecule has 0 unspecified atom stereocenters. The molecule has 0 aliphatic heterocycles. The van der Waals surface area contributed by atoms with E-state index in [0.717, 1.165) is 18.2 Å². The molecule has 142 valence electrons. The number of ether oxygens (including phenoxy) is 1. The van der Waals surface area contributed by atoms with Crippen LogP contribution in [0.4, 0.5) is 15.8 Å². The number of fused-ring (bicyclic) bond motifs is 1. The second-order valence-corrected chi connectivity index (χ2v) is 5.49. The van der Waals surface area contributed by atoms with Gasteiger partial charge in [-0.2, -0.15) is 9.49 Å². The van der Waals surface area contributed by atoms with Crippen molar-refractivity contribution in [3.63, 3.8) is 0 Å². The summed E-state index contributed by atoms with van der Waals surface area (Å²) >= 11 is 0. The van der Waals surface area contributed by atoms with E-state index < -0.39 is 40.5 Å². The van der Waals surface area contributed by atoms with Crippen LogP contribution in [0.2, 0.25) is 0 Å². The Hall–Kier alpha value is -4.15. The number of aromatic amines is 1. The third-order valence-corrected chi connectivity index (χ3v) is 3.65. The van der Waals surface area contributed by atoms with Crippen molar-refractivity contribution in [1.82, 2.24) is 10.2 Å². The molecule has 0 atom stereocenters. The molecule has 0 bridgehead atoms. The van der Waals surface area contributed by atoms with E-state index in [1.54, 1.807) is 12.1 Å². The number of anilines is 1. The van der Waals surface area contributed by atoms with Gasteiger partial charge in [0.05, 0.1) is 10.3 Å². The summed E-state index contributed by atoms with van der Waals surface area (Å²) in [5, 5.41) is 19.3. The highest BCUT2D eigenvalue weighted by atomic mass is 19.1. The molecule has 3 aromatic rings. The number of aromatic nitrogens is 2. The number of nitro groups is 1. The minimum absolute atomic E-state index is 0.0400. The van der Waals surface area contributed by atoms with Crippen molar-refractivity contribution in [3.8, 4) is 0 Å². The van der Waals surface area contributed by atoms with E-state index in [9.17, 15) is 28.9 Å². The Labute approximate surface area is 155 Å². The fourth-order valence-electron chi connectivity index (χ4n) is 2.40. The Bertz CT molecular complexity index is 1160. The molecular weight excluding hydrogens is 375 g/mol. The van der Waals surface area contributed by atoms with Gasteiger partial charge in [0.15, 0.2) is 12.3 Å². The summed E-state index contributed by atoms with van der Waals surface area (Å²) < 4.78 is 18.2. The molecule has 2 aromatic carbocycles. The molecule has 3 rings (SSSR count). The number of amides is 1. The molecule has 0 spiro atoms. The number of nitrogens with zero attached hydrogens (tertiary/aromatic N) is 2. The molecule has 1 heterocycles. The molecule has 0 fully saturated rings. The molecule has 0 saturated heterocycles. The van der Waals surface area contributed by atoms with Crippen LogP contribution in [-0.2, 0) is 9.53 Å². The van der Waals surface area contributed by atoms with E-state index >= 15 is 0 Å². The first-order chi connectivity index (χ1) is 13.4. The first-order valence-electron chi connectivity index (χ1n) is 7.75. The number of esters is 1. The number of nitro benzene ring substituents is 1. The number of rotatable bonds is 5. The van der Waals surface area contributed by atoms with Gasteiger partial charge in [-0.05, 0) is 18.2 Å². The van der Waals surface area contributed by atoms with Gasteiger partial charge in [0.1, 0.15) is 0 Å². The van der Waals surface area contributed by atoms with Gasteiger partial charge in [-0.25, -0.2) is 9.89 Å². The van der Waals surface area contributed by atoms with Crippen LogP contribution in [0.1, 0.15) is 10.5 Å². The third-order valence-electron chi connectivity index (χ3n) is 3.65. The van der Waals surface area contributed by atoms with Crippen molar-refractivity contribution in [2.24, 2.45) is 0 Å². The second kappa shape index (κ2) is 7.61. The number of hydrogen-bond acceptors (Lipinski definition) is 7. The van der Waals surface area contributed by atoms with E-state index in [0.29, 0.717) is 0 Å². The zero-order chi connectivity index (χ0) is 20.3. The molecular formula is C17H11FN4O6. The number of halogens is 1. The highest BCUT2D eigenvalue weighted by Gasteiger charge is 2.18. The Morgan fingerprint density at radius 2 is 1.93 bits per heavy atom.